The van der Waals surface area contributed by atoms with Crippen LogP contribution >= 0.6 is 0 Å². The van der Waals surface area contributed by atoms with E-state index in [1.807, 2.05) is 6.08 Å². The smallest absolute Gasteiger partial charge is 0.220 e. The second-order valence-corrected chi connectivity index (χ2v) is 22.9. The quantitative estimate of drug-likeness (QED) is 0.0420. The number of carbonyl (C=O) groups is 1. The van der Waals surface area contributed by atoms with Crippen molar-refractivity contribution in [3.8, 4) is 0 Å². The van der Waals surface area contributed by atoms with Crippen molar-refractivity contribution < 1.29 is 15.0 Å². The zero-order valence-electron chi connectivity index (χ0n) is 52.8. The molecule has 4 nitrogen and oxygen atoms in total. The van der Waals surface area contributed by atoms with Crippen LogP contribution in [0.15, 0.2) is 134 Å². The van der Waals surface area contributed by atoms with Crippen LogP contribution in [0.4, 0.5) is 0 Å². The summed E-state index contributed by atoms with van der Waals surface area (Å²) in [4.78, 5) is 12.5. The second kappa shape index (κ2) is 69.8. The molecule has 1 amide bonds. The Morgan fingerprint density at radius 3 is 0.825 bits per heavy atom. The molecule has 0 aliphatic heterocycles. The molecule has 0 spiro atoms. The summed E-state index contributed by atoms with van der Waals surface area (Å²) in [6.07, 6.45) is 108. The van der Waals surface area contributed by atoms with Crippen LogP contribution in [0.3, 0.4) is 0 Å². The fourth-order valence-electron chi connectivity index (χ4n) is 9.97. The van der Waals surface area contributed by atoms with Crippen LogP contribution in [0.2, 0.25) is 0 Å². The lowest BCUT2D eigenvalue weighted by molar-refractivity contribution is -0.123. The maximum absolute atomic E-state index is 12.5. The van der Waals surface area contributed by atoms with Gasteiger partial charge in [0.15, 0.2) is 0 Å². The molecule has 0 rings (SSSR count). The van der Waals surface area contributed by atoms with Crippen molar-refractivity contribution >= 4 is 5.91 Å². The van der Waals surface area contributed by atoms with Crippen LogP contribution in [-0.2, 0) is 4.79 Å². The average Bonchev–Trinajstić information content (AvgIpc) is 3.46. The summed E-state index contributed by atoms with van der Waals surface area (Å²) >= 11 is 0. The molecular weight excluding hydrogens is 975 g/mol. The minimum atomic E-state index is -0.857. The molecule has 0 aromatic rings. The lowest BCUT2D eigenvalue weighted by Crippen LogP contribution is -2.45. The third-order valence-corrected chi connectivity index (χ3v) is 15.1. The summed E-state index contributed by atoms with van der Waals surface area (Å²) in [5, 5.41) is 23.3. The van der Waals surface area contributed by atoms with Gasteiger partial charge in [-0.25, -0.2) is 0 Å². The number of nitrogens with one attached hydrogen (secondary N) is 1. The molecule has 0 heterocycles. The van der Waals surface area contributed by atoms with Gasteiger partial charge in [0.1, 0.15) is 0 Å². The van der Waals surface area contributed by atoms with Gasteiger partial charge in [-0.1, -0.05) is 353 Å². The maximum atomic E-state index is 12.5. The summed E-state index contributed by atoms with van der Waals surface area (Å²) in [5.41, 5.74) is 0. The molecule has 0 aromatic carbocycles. The topological polar surface area (TPSA) is 69.6 Å². The van der Waals surface area contributed by atoms with Crippen molar-refractivity contribution in [2.24, 2.45) is 0 Å². The monoisotopic (exact) mass is 1110 g/mol. The number of aliphatic hydroxyl groups is 2. The summed E-state index contributed by atoms with van der Waals surface area (Å²) < 4.78 is 0. The first-order chi connectivity index (χ1) is 39.7. The van der Waals surface area contributed by atoms with Crippen molar-refractivity contribution in [1.29, 1.82) is 0 Å². The highest BCUT2D eigenvalue weighted by molar-refractivity contribution is 5.76. The van der Waals surface area contributed by atoms with Gasteiger partial charge in [-0.3, -0.25) is 4.79 Å². The van der Waals surface area contributed by atoms with Crippen molar-refractivity contribution in [2.75, 3.05) is 6.61 Å². The zero-order valence-corrected chi connectivity index (χ0v) is 52.8. The number of hydrogen-bond donors (Lipinski definition) is 3. The molecule has 3 N–H and O–H groups in total. The molecule has 0 aliphatic carbocycles. The minimum Gasteiger partial charge on any atom is -0.394 e. The predicted octanol–water partition coefficient (Wildman–Crippen LogP) is 23.7. The van der Waals surface area contributed by atoms with E-state index in [-0.39, 0.29) is 12.5 Å². The highest BCUT2D eigenvalue weighted by Crippen LogP contribution is 2.17. The van der Waals surface area contributed by atoms with E-state index in [1.165, 1.54) is 199 Å². The van der Waals surface area contributed by atoms with Gasteiger partial charge < -0.3 is 15.5 Å². The summed E-state index contributed by atoms with van der Waals surface area (Å²) in [7, 11) is 0. The molecule has 2 atom stereocenters. The average molecular weight is 1110 g/mol. The fourth-order valence-corrected chi connectivity index (χ4v) is 9.97. The van der Waals surface area contributed by atoms with Crippen molar-refractivity contribution in [2.45, 2.75) is 334 Å². The fraction of sp³-hybridized carbons (Fsp3) is 0.697. The normalized spacial score (nSPS) is 13.6. The molecule has 0 bridgehead atoms. The van der Waals surface area contributed by atoms with Crippen molar-refractivity contribution in [1.82, 2.24) is 5.32 Å². The molecule has 0 aromatic heterocycles. The van der Waals surface area contributed by atoms with E-state index in [0.717, 1.165) is 103 Å². The third-order valence-electron chi connectivity index (χ3n) is 15.1. The Labute approximate surface area is 498 Å². The van der Waals surface area contributed by atoms with Gasteiger partial charge in [0.05, 0.1) is 18.8 Å². The number of carbonyl (C=O) groups excluding carboxylic acids is 1. The van der Waals surface area contributed by atoms with Crippen LogP contribution in [0.25, 0.3) is 0 Å². The molecule has 0 fully saturated rings. The predicted molar refractivity (Wildman–Crippen MR) is 359 cm³/mol. The van der Waals surface area contributed by atoms with Gasteiger partial charge in [0.25, 0.3) is 0 Å². The van der Waals surface area contributed by atoms with E-state index in [2.05, 4.69) is 141 Å². The van der Waals surface area contributed by atoms with Gasteiger partial charge >= 0.3 is 0 Å². The van der Waals surface area contributed by atoms with Crippen LogP contribution in [0, 0.1) is 0 Å². The van der Waals surface area contributed by atoms with E-state index in [4.69, 9.17) is 0 Å². The van der Waals surface area contributed by atoms with E-state index in [1.54, 1.807) is 6.08 Å². The van der Waals surface area contributed by atoms with Gasteiger partial charge in [-0.05, 0) is 96.3 Å². The summed E-state index contributed by atoms with van der Waals surface area (Å²) in [6.45, 7) is 4.21. The Balaban J connectivity index is 3.58. The Morgan fingerprint density at radius 1 is 0.312 bits per heavy atom. The van der Waals surface area contributed by atoms with E-state index < -0.39 is 12.1 Å². The van der Waals surface area contributed by atoms with Gasteiger partial charge in [0, 0.05) is 6.42 Å². The molecule has 0 radical (unpaired) electrons. The van der Waals surface area contributed by atoms with Crippen LogP contribution in [-0.4, -0.2) is 34.9 Å². The maximum Gasteiger partial charge on any atom is 0.220 e. The Hall–Kier alpha value is -3.47. The van der Waals surface area contributed by atoms with Crippen LogP contribution < -0.4 is 5.32 Å². The lowest BCUT2D eigenvalue weighted by Gasteiger charge is -2.20. The minimum absolute atomic E-state index is 0.0804. The molecule has 2 unspecified atom stereocenters. The molecule has 80 heavy (non-hydrogen) atoms. The summed E-state index contributed by atoms with van der Waals surface area (Å²) in [5.74, 6) is -0.0804. The zero-order chi connectivity index (χ0) is 57.6. The van der Waals surface area contributed by atoms with Crippen molar-refractivity contribution in [3.63, 3.8) is 0 Å². The van der Waals surface area contributed by atoms with E-state index >= 15 is 0 Å². The molecule has 0 saturated carbocycles. The highest BCUT2D eigenvalue weighted by atomic mass is 16.3. The highest BCUT2D eigenvalue weighted by Gasteiger charge is 2.18. The third kappa shape index (κ3) is 65.3. The van der Waals surface area contributed by atoms with Gasteiger partial charge in [0.2, 0.25) is 5.91 Å². The number of allylic oxidation sites excluding steroid dienone is 21. The largest absolute Gasteiger partial charge is 0.394 e. The van der Waals surface area contributed by atoms with Crippen molar-refractivity contribution in [3.05, 3.63) is 134 Å². The molecule has 458 valence electrons. The standard InChI is InChI=1S/C76H131NO3/c1-3-5-7-9-11-13-15-17-19-21-23-25-27-29-31-33-35-36-37-38-39-40-42-44-46-48-50-52-54-56-58-60-62-64-66-68-70-72-76(80)77-74(73-78)75(79)71-69-67-65-63-61-59-57-55-53-51-49-47-45-43-41-34-32-30-28-26-24-22-20-18-16-14-12-10-8-6-4-2/h5,7,11,13,17,19,23,25,29,31,35-36,38-39,42,44,48,50,54,56,69,71,74-75,78-79H,3-4,6,8-10,12,14-16,18,20-22,24,26-28,30,32-34,37,40-41,43,45-47,49,51-53,55,57-68,70,72-73H2,1-2H3,(H,77,80)/b7-5-,13-11-,19-17-,25-23-,31-29-,36-35-,39-38-,44-42-,50-48-,56-54-,71-69+. The Bertz CT molecular complexity index is 1590. The number of unbranched alkanes of at least 4 members (excludes halogenated alkanes) is 35. The Kier molecular flexibility index (Phi) is 66.8. The first-order valence-corrected chi connectivity index (χ1v) is 34.4. The molecule has 0 aliphatic rings. The van der Waals surface area contributed by atoms with E-state index in [0.29, 0.717) is 6.42 Å². The van der Waals surface area contributed by atoms with E-state index in [9.17, 15) is 15.0 Å². The SMILES string of the molecule is CC/C=C\C/C=C\C/C=C\C/C=C\C/C=C\C/C=C\C/C=C\C/C=C\C/C=C\C/C=C\CCCCCCCCC(=O)NC(CO)C(O)/C=C/CCCCCCCCCCCCCCCCCCCCCCCCCCCCCCC. The first-order valence-electron chi connectivity index (χ1n) is 34.4. The second-order valence-electron chi connectivity index (χ2n) is 22.9. The lowest BCUT2D eigenvalue weighted by atomic mass is 10.0. The molecule has 4 heteroatoms. The van der Waals surface area contributed by atoms with Gasteiger partial charge in [-0.15, -0.1) is 0 Å². The Morgan fingerprint density at radius 2 is 0.550 bits per heavy atom. The number of aliphatic hydroxyl groups excluding tert-OH is 2. The number of amides is 1. The van der Waals surface area contributed by atoms with Crippen LogP contribution in [0.1, 0.15) is 322 Å². The first kappa shape index (κ1) is 76.5. The van der Waals surface area contributed by atoms with Gasteiger partial charge in [-0.2, -0.15) is 0 Å². The number of rotatable bonds is 62. The molecule has 0 saturated heterocycles. The molecular formula is C76H131NO3. The van der Waals surface area contributed by atoms with Crippen LogP contribution in [0.5, 0.6) is 0 Å². The summed E-state index contributed by atoms with van der Waals surface area (Å²) in [6, 6.07) is -0.642. The number of hydrogen-bond acceptors (Lipinski definition) is 3.